The van der Waals surface area contributed by atoms with Crippen LogP contribution in [0, 0.1) is 0 Å². The van der Waals surface area contributed by atoms with Crippen molar-refractivity contribution < 1.29 is 4.42 Å². The van der Waals surface area contributed by atoms with Crippen LogP contribution >= 0.6 is 0 Å². The van der Waals surface area contributed by atoms with Crippen LogP contribution in [0.3, 0.4) is 0 Å². The van der Waals surface area contributed by atoms with Gasteiger partial charge in [0.25, 0.3) is 0 Å². The summed E-state index contributed by atoms with van der Waals surface area (Å²) in [4.78, 5) is 15.9. The van der Waals surface area contributed by atoms with E-state index in [9.17, 15) is 0 Å². The van der Waals surface area contributed by atoms with E-state index in [2.05, 4.69) is 176 Å². The van der Waals surface area contributed by atoms with Crippen molar-refractivity contribution in [1.82, 2.24) is 15.0 Å². The molecule has 0 spiro atoms. The zero-order chi connectivity index (χ0) is 39.1. The molecule has 0 aliphatic heterocycles. The molecule has 0 bridgehead atoms. The number of rotatable bonds is 7. The average Bonchev–Trinajstić information content (AvgIpc) is 3.71. The van der Waals surface area contributed by atoms with Gasteiger partial charge in [0.2, 0.25) is 0 Å². The van der Waals surface area contributed by atoms with Crippen LogP contribution in [-0.2, 0) is 0 Å². The van der Waals surface area contributed by atoms with E-state index in [0.717, 1.165) is 82.8 Å². The first-order valence-corrected chi connectivity index (χ1v) is 19.8. The van der Waals surface area contributed by atoms with Crippen LogP contribution in [0.1, 0.15) is 0 Å². The maximum atomic E-state index is 6.55. The first kappa shape index (κ1) is 34.3. The SMILES string of the molecule is c1ccc(-c2ccc(-c3ccc(-c4nc(-c5c(-c6cccc(-c7ccccc7)c6)ccc6ccccc56)nc(-c5cccc6c5oc5ccccc56)n4)cc3)cc2)cc1. The van der Waals surface area contributed by atoms with Gasteiger partial charge in [-0.3, -0.25) is 0 Å². The Hall–Kier alpha value is -7.95. The number of para-hydroxylation sites is 2. The Morgan fingerprint density at radius 2 is 0.797 bits per heavy atom. The van der Waals surface area contributed by atoms with Gasteiger partial charge in [-0.2, -0.15) is 0 Å². The minimum absolute atomic E-state index is 0.548. The molecule has 2 aromatic heterocycles. The van der Waals surface area contributed by atoms with Crippen LogP contribution in [0.2, 0.25) is 0 Å². The number of nitrogens with zero attached hydrogens (tertiary/aromatic N) is 3. The molecule has 4 heteroatoms. The molecule has 59 heavy (non-hydrogen) atoms. The van der Waals surface area contributed by atoms with Gasteiger partial charge in [0.05, 0.1) is 5.56 Å². The van der Waals surface area contributed by atoms with Crippen LogP contribution in [0.25, 0.3) is 111 Å². The van der Waals surface area contributed by atoms with Gasteiger partial charge in [-0.25, -0.2) is 15.0 Å². The standard InChI is InChI=1S/C55H35N3O/c1-3-13-36(14-4-1)38-25-27-39(28-26-38)40-29-31-42(32-30-40)53-56-54(49-23-12-22-48-47-21-9-10-24-50(47)59-52(48)49)58-55(57-53)51-45-20-8-7-17-41(45)33-34-46(51)44-19-11-18-43(35-44)37-15-5-2-6-16-37/h1-35H. The van der Waals surface area contributed by atoms with Crippen molar-refractivity contribution in [2.45, 2.75) is 0 Å². The third-order valence-electron chi connectivity index (χ3n) is 11.2. The van der Waals surface area contributed by atoms with Crippen molar-refractivity contribution in [2.75, 3.05) is 0 Å². The lowest BCUT2D eigenvalue weighted by Gasteiger charge is -2.16. The van der Waals surface area contributed by atoms with Crippen LogP contribution in [0.15, 0.2) is 217 Å². The smallest absolute Gasteiger partial charge is 0.167 e. The van der Waals surface area contributed by atoms with E-state index in [1.165, 1.54) is 11.1 Å². The van der Waals surface area contributed by atoms with E-state index in [-0.39, 0.29) is 0 Å². The van der Waals surface area contributed by atoms with Crippen LogP contribution < -0.4 is 0 Å². The number of furan rings is 1. The number of benzene rings is 9. The topological polar surface area (TPSA) is 51.8 Å². The Morgan fingerprint density at radius 1 is 0.288 bits per heavy atom. The fourth-order valence-electron chi connectivity index (χ4n) is 8.21. The minimum Gasteiger partial charge on any atom is -0.455 e. The van der Waals surface area contributed by atoms with Crippen LogP contribution in [0.4, 0.5) is 0 Å². The maximum absolute atomic E-state index is 6.55. The number of fused-ring (bicyclic) bond motifs is 4. The highest BCUT2D eigenvalue weighted by molar-refractivity contribution is 6.09. The van der Waals surface area contributed by atoms with E-state index >= 15 is 0 Å². The number of hydrogen-bond donors (Lipinski definition) is 0. The molecule has 11 aromatic rings. The van der Waals surface area contributed by atoms with Gasteiger partial charge < -0.3 is 4.42 Å². The van der Waals surface area contributed by atoms with E-state index in [1.807, 2.05) is 36.4 Å². The molecule has 0 saturated carbocycles. The summed E-state index contributed by atoms with van der Waals surface area (Å²) in [6.45, 7) is 0. The molecular weight excluding hydrogens is 719 g/mol. The number of aromatic nitrogens is 3. The third kappa shape index (κ3) is 6.34. The summed E-state index contributed by atoms with van der Waals surface area (Å²) < 4.78 is 6.55. The Labute approximate surface area is 341 Å². The van der Waals surface area contributed by atoms with Gasteiger partial charge in [-0.15, -0.1) is 0 Å². The Bertz CT molecular complexity index is 3300. The number of hydrogen-bond acceptors (Lipinski definition) is 4. The van der Waals surface area contributed by atoms with E-state index in [1.54, 1.807) is 0 Å². The Balaban J connectivity index is 1.10. The summed E-state index contributed by atoms with van der Waals surface area (Å²) in [5, 5.41) is 4.25. The largest absolute Gasteiger partial charge is 0.455 e. The predicted octanol–water partition coefficient (Wildman–Crippen LogP) is 14.6. The van der Waals surface area contributed by atoms with Crippen molar-refractivity contribution in [3.63, 3.8) is 0 Å². The molecule has 2 heterocycles. The molecule has 0 radical (unpaired) electrons. The van der Waals surface area contributed by atoms with Crippen molar-refractivity contribution in [1.29, 1.82) is 0 Å². The van der Waals surface area contributed by atoms with E-state index < -0.39 is 0 Å². The maximum Gasteiger partial charge on any atom is 0.167 e. The van der Waals surface area contributed by atoms with E-state index in [4.69, 9.17) is 19.4 Å². The zero-order valence-corrected chi connectivity index (χ0v) is 32.0. The van der Waals surface area contributed by atoms with Crippen molar-refractivity contribution in [2.24, 2.45) is 0 Å². The molecule has 0 fully saturated rings. The molecule has 0 aliphatic carbocycles. The summed E-state index contributed by atoms with van der Waals surface area (Å²) >= 11 is 0. The second-order valence-electron chi connectivity index (χ2n) is 14.8. The molecule has 0 unspecified atom stereocenters. The van der Waals surface area contributed by atoms with Crippen LogP contribution in [-0.4, -0.2) is 15.0 Å². The lowest BCUT2D eigenvalue weighted by molar-refractivity contribution is 0.669. The molecule has 0 N–H and O–H groups in total. The Morgan fingerprint density at radius 3 is 1.53 bits per heavy atom. The molecule has 0 saturated heterocycles. The lowest BCUT2D eigenvalue weighted by atomic mass is 9.92. The van der Waals surface area contributed by atoms with Gasteiger partial charge in [-0.1, -0.05) is 194 Å². The van der Waals surface area contributed by atoms with Crippen molar-refractivity contribution in [3.05, 3.63) is 212 Å². The summed E-state index contributed by atoms with van der Waals surface area (Å²) in [6.07, 6.45) is 0. The molecular formula is C55H35N3O. The molecule has 4 nitrogen and oxygen atoms in total. The van der Waals surface area contributed by atoms with Crippen molar-refractivity contribution >= 4 is 32.7 Å². The fraction of sp³-hybridized carbons (Fsp3) is 0. The van der Waals surface area contributed by atoms with Gasteiger partial charge in [-0.05, 0) is 73.5 Å². The lowest BCUT2D eigenvalue weighted by Crippen LogP contribution is -2.02. The van der Waals surface area contributed by atoms with E-state index in [0.29, 0.717) is 17.5 Å². The summed E-state index contributed by atoms with van der Waals surface area (Å²) in [5.74, 6) is 1.73. The molecule has 9 aromatic carbocycles. The van der Waals surface area contributed by atoms with Gasteiger partial charge in [0.15, 0.2) is 17.5 Å². The zero-order valence-electron chi connectivity index (χ0n) is 32.0. The predicted molar refractivity (Wildman–Crippen MR) is 243 cm³/mol. The monoisotopic (exact) mass is 753 g/mol. The first-order valence-electron chi connectivity index (χ1n) is 19.8. The van der Waals surface area contributed by atoms with Crippen molar-refractivity contribution in [3.8, 4) is 78.7 Å². The second kappa shape index (κ2) is 14.5. The van der Waals surface area contributed by atoms with Gasteiger partial charge in [0.1, 0.15) is 11.2 Å². The van der Waals surface area contributed by atoms with Gasteiger partial charge >= 0.3 is 0 Å². The average molecular weight is 754 g/mol. The molecule has 0 atom stereocenters. The summed E-state index contributed by atoms with van der Waals surface area (Å²) in [6, 6.07) is 74.1. The second-order valence-corrected chi connectivity index (χ2v) is 14.8. The molecule has 11 rings (SSSR count). The third-order valence-corrected chi connectivity index (χ3v) is 11.2. The highest BCUT2D eigenvalue weighted by Gasteiger charge is 2.21. The van der Waals surface area contributed by atoms with Gasteiger partial charge in [0, 0.05) is 21.9 Å². The molecule has 0 amide bonds. The molecule has 276 valence electrons. The van der Waals surface area contributed by atoms with Crippen LogP contribution in [0.5, 0.6) is 0 Å². The molecule has 0 aliphatic rings. The Kier molecular flexibility index (Phi) is 8.45. The first-order chi connectivity index (χ1) is 29.2. The summed E-state index contributed by atoms with van der Waals surface area (Å²) in [5.41, 5.74) is 13.3. The fourth-order valence-corrected chi connectivity index (χ4v) is 8.21. The normalized spacial score (nSPS) is 11.4. The summed E-state index contributed by atoms with van der Waals surface area (Å²) in [7, 11) is 0. The highest BCUT2D eigenvalue weighted by Crippen LogP contribution is 2.41. The minimum atomic E-state index is 0.548. The quantitative estimate of drug-likeness (QED) is 0.163. The highest BCUT2D eigenvalue weighted by atomic mass is 16.3.